The second-order valence-corrected chi connectivity index (χ2v) is 14.3. The average Bonchev–Trinajstić information content (AvgIpc) is 3.09. The van der Waals surface area contributed by atoms with Gasteiger partial charge in [0.15, 0.2) is 0 Å². The molecule has 0 aliphatic rings. The third-order valence-corrected chi connectivity index (χ3v) is 10.1. The van der Waals surface area contributed by atoms with Gasteiger partial charge < -0.3 is 13.6 Å². The predicted molar refractivity (Wildman–Crippen MR) is 204 cm³/mol. The zero-order valence-corrected chi connectivity index (χ0v) is 31.1. The maximum Gasteiger partial charge on any atom is 0.530 e. The molecule has 0 unspecified atom stereocenters. The third-order valence-electron chi connectivity index (χ3n) is 9.02. The number of hydrogen-bond acceptors (Lipinski definition) is 3. The van der Waals surface area contributed by atoms with Gasteiger partial charge in [0, 0.05) is 0 Å². The van der Waals surface area contributed by atoms with Crippen LogP contribution in [-0.2, 0) is 19.3 Å². The van der Waals surface area contributed by atoms with Gasteiger partial charge >= 0.3 is 8.60 Å². The largest absolute Gasteiger partial charge is 0.530 e. The Labute approximate surface area is 290 Å². The summed E-state index contributed by atoms with van der Waals surface area (Å²) in [5.74, 6) is 2.33. The van der Waals surface area contributed by atoms with Gasteiger partial charge in [-0.1, -0.05) is 160 Å². The van der Waals surface area contributed by atoms with Gasteiger partial charge in [0.05, 0.1) is 0 Å². The van der Waals surface area contributed by atoms with E-state index >= 15 is 0 Å². The minimum atomic E-state index is -1.68. The molecule has 0 saturated heterocycles. The van der Waals surface area contributed by atoms with Crippen LogP contribution in [0.3, 0.4) is 0 Å². The Balaban J connectivity index is 1.55. The Morgan fingerprint density at radius 1 is 0.319 bits per heavy atom. The van der Waals surface area contributed by atoms with Crippen molar-refractivity contribution in [2.24, 2.45) is 0 Å². The average molecular weight is 661 g/mol. The van der Waals surface area contributed by atoms with E-state index in [1.165, 1.54) is 139 Å². The summed E-state index contributed by atoms with van der Waals surface area (Å²) >= 11 is 0. The summed E-state index contributed by atoms with van der Waals surface area (Å²) < 4.78 is 19.1. The number of unbranched alkanes of at least 4 members (excludes halogenated alkanes) is 16. The fraction of sp³-hybridized carbons (Fsp3) is 0.581. The fourth-order valence-corrected chi connectivity index (χ4v) is 6.96. The highest BCUT2D eigenvalue weighted by Gasteiger charge is 2.20. The lowest BCUT2D eigenvalue weighted by Crippen LogP contribution is -2.03. The van der Waals surface area contributed by atoms with Crippen LogP contribution in [0.15, 0.2) is 72.8 Å². The van der Waals surface area contributed by atoms with Gasteiger partial charge in [-0.2, -0.15) is 0 Å². The van der Waals surface area contributed by atoms with E-state index in [0.29, 0.717) is 0 Å². The van der Waals surface area contributed by atoms with Gasteiger partial charge in [0.25, 0.3) is 0 Å². The first-order valence-corrected chi connectivity index (χ1v) is 20.4. The molecule has 0 saturated carbocycles. The lowest BCUT2D eigenvalue weighted by Gasteiger charge is -2.18. The maximum absolute atomic E-state index is 6.36. The molecule has 260 valence electrons. The molecule has 0 radical (unpaired) electrons. The zero-order chi connectivity index (χ0) is 33.2. The highest BCUT2D eigenvalue weighted by Crippen LogP contribution is 2.42. The Kier molecular flexibility index (Phi) is 21.1. The van der Waals surface area contributed by atoms with Crippen LogP contribution in [0.4, 0.5) is 0 Å². The molecule has 0 N–H and O–H groups in total. The summed E-state index contributed by atoms with van der Waals surface area (Å²) in [6.45, 7) is 6.82. The normalized spacial score (nSPS) is 11.2. The molecule has 0 bridgehead atoms. The van der Waals surface area contributed by atoms with Crippen molar-refractivity contribution in [1.29, 1.82) is 0 Å². The van der Waals surface area contributed by atoms with Crippen LogP contribution in [0.5, 0.6) is 17.2 Å². The molecular weight excluding hydrogens is 595 g/mol. The van der Waals surface area contributed by atoms with E-state index in [1.807, 2.05) is 0 Å². The lowest BCUT2D eigenvalue weighted by atomic mass is 10.0. The molecular formula is C43H65O3P. The summed E-state index contributed by atoms with van der Waals surface area (Å²) in [6, 6.07) is 25.5. The van der Waals surface area contributed by atoms with Gasteiger partial charge in [-0.25, -0.2) is 0 Å². The maximum atomic E-state index is 6.36. The molecule has 0 heterocycles. The number of rotatable bonds is 28. The van der Waals surface area contributed by atoms with Gasteiger partial charge in [0.1, 0.15) is 17.2 Å². The SMILES string of the molecule is CCCCCCCCCc1ccc(OP(Oc2ccc(CCCCCCCC)cc2)Oc2ccc(CCCCCCCC)cc2)cc1. The fourth-order valence-electron chi connectivity index (χ4n) is 5.97. The predicted octanol–water partition coefficient (Wildman–Crippen LogP) is 14.5. The molecule has 3 aromatic rings. The van der Waals surface area contributed by atoms with Crippen molar-refractivity contribution >= 4 is 8.60 Å². The van der Waals surface area contributed by atoms with Gasteiger partial charge in [0.2, 0.25) is 0 Å². The first-order valence-electron chi connectivity index (χ1n) is 19.3. The summed E-state index contributed by atoms with van der Waals surface area (Å²) in [7, 11) is -1.68. The Morgan fingerprint density at radius 3 is 0.809 bits per heavy atom. The monoisotopic (exact) mass is 660 g/mol. The van der Waals surface area contributed by atoms with E-state index in [4.69, 9.17) is 13.6 Å². The molecule has 0 amide bonds. The molecule has 47 heavy (non-hydrogen) atoms. The van der Waals surface area contributed by atoms with Gasteiger partial charge in [-0.05, 0) is 91.6 Å². The van der Waals surface area contributed by atoms with Crippen LogP contribution < -0.4 is 13.6 Å². The van der Waals surface area contributed by atoms with E-state index in [0.717, 1.165) is 36.5 Å². The summed E-state index contributed by atoms with van der Waals surface area (Å²) in [5.41, 5.74) is 4.08. The van der Waals surface area contributed by atoms with Crippen molar-refractivity contribution in [3.05, 3.63) is 89.5 Å². The quantitative estimate of drug-likeness (QED) is 0.0573. The van der Waals surface area contributed by atoms with Crippen molar-refractivity contribution in [2.45, 2.75) is 162 Å². The molecule has 0 fully saturated rings. The zero-order valence-electron chi connectivity index (χ0n) is 30.2. The summed E-state index contributed by atoms with van der Waals surface area (Å²) in [6.07, 6.45) is 28.5. The van der Waals surface area contributed by atoms with E-state index in [-0.39, 0.29) is 0 Å². The van der Waals surface area contributed by atoms with Crippen LogP contribution in [0.25, 0.3) is 0 Å². The minimum absolute atomic E-state index is 0.776. The molecule has 0 aliphatic carbocycles. The highest BCUT2D eigenvalue weighted by molar-refractivity contribution is 7.43. The van der Waals surface area contributed by atoms with Crippen molar-refractivity contribution < 1.29 is 13.6 Å². The Hall–Kier alpha value is -2.51. The number of benzene rings is 3. The van der Waals surface area contributed by atoms with E-state index in [1.54, 1.807) is 0 Å². The summed E-state index contributed by atoms with van der Waals surface area (Å²) in [5, 5.41) is 0. The molecule has 3 aromatic carbocycles. The van der Waals surface area contributed by atoms with Crippen LogP contribution >= 0.6 is 8.60 Å². The number of hydrogen-bond donors (Lipinski definition) is 0. The standard InChI is InChI=1S/C43H65O3P/c1-4-7-10-13-16-19-22-25-40-30-36-43(37-31-40)46-47(44-41-32-26-38(27-33-41)23-20-17-14-11-8-5-2)45-42-34-28-39(29-35-42)24-21-18-15-12-9-6-3/h26-37H,4-25H2,1-3H3. The van der Waals surface area contributed by atoms with E-state index in [2.05, 4.69) is 93.6 Å². The summed E-state index contributed by atoms with van der Waals surface area (Å²) in [4.78, 5) is 0. The van der Waals surface area contributed by atoms with Gasteiger partial charge in [-0.15, -0.1) is 0 Å². The van der Waals surface area contributed by atoms with Crippen LogP contribution in [0, 0.1) is 0 Å². The van der Waals surface area contributed by atoms with Gasteiger partial charge in [-0.3, -0.25) is 0 Å². The molecule has 4 heteroatoms. The molecule has 0 atom stereocenters. The second kappa shape index (κ2) is 25.5. The lowest BCUT2D eigenvalue weighted by molar-refractivity contribution is 0.388. The van der Waals surface area contributed by atoms with E-state index < -0.39 is 8.60 Å². The first-order chi connectivity index (χ1) is 23.2. The Morgan fingerprint density at radius 2 is 0.553 bits per heavy atom. The molecule has 3 rings (SSSR count). The second-order valence-electron chi connectivity index (χ2n) is 13.3. The topological polar surface area (TPSA) is 27.7 Å². The number of aryl methyl sites for hydroxylation is 3. The molecule has 0 aromatic heterocycles. The van der Waals surface area contributed by atoms with Crippen LogP contribution in [0.1, 0.15) is 159 Å². The van der Waals surface area contributed by atoms with Crippen molar-refractivity contribution in [3.8, 4) is 17.2 Å². The van der Waals surface area contributed by atoms with Crippen molar-refractivity contribution in [3.63, 3.8) is 0 Å². The van der Waals surface area contributed by atoms with Crippen LogP contribution in [0.2, 0.25) is 0 Å². The van der Waals surface area contributed by atoms with Crippen molar-refractivity contribution in [2.75, 3.05) is 0 Å². The molecule has 0 spiro atoms. The molecule has 3 nitrogen and oxygen atoms in total. The van der Waals surface area contributed by atoms with E-state index in [9.17, 15) is 0 Å². The minimum Gasteiger partial charge on any atom is -0.409 e. The van der Waals surface area contributed by atoms with Crippen LogP contribution in [-0.4, -0.2) is 0 Å². The highest BCUT2D eigenvalue weighted by atomic mass is 31.2. The molecule has 0 aliphatic heterocycles. The Bertz CT molecular complexity index is 1080. The first kappa shape index (κ1) is 38.9. The third kappa shape index (κ3) is 18.0. The smallest absolute Gasteiger partial charge is 0.409 e. The van der Waals surface area contributed by atoms with Crippen molar-refractivity contribution in [1.82, 2.24) is 0 Å².